The molecule has 0 bridgehead atoms. The number of aromatic nitrogens is 1. The quantitative estimate of drug-likeness (QED) is 0.748. The molecular weight excluding hydrogens is 222 g/mol. The van der Waals surface area contributed by atoms with Crippen molar-refractivity contribution < 1.29 is 4.74 Å². The number of para-hydroxylation sites is 1. The summed E-state index contributed by atoms with van der Waals surface area (Å²) in [5.41, 5.74) is 2.19. The average Bonchev–Trinajstić information content (AvgIpc) is 2.74. The first-order valence-corrected chi connectivity index (χ1v) is 6.07. The van der Waals surface area contributed by atoms with E-state index in [0.717, 1.165) is 36.9 Å². The molecule has 0 saturated carbocycles. The molecule has 0 radical (unpaired) electrons. The van der Waals surface area contributed by atoms with E-state index in [4.69, 9.17) is 16.3 Å². The van der Waals surface area contributed by atoms with E-state index >= 15 is 0 Å². The van der Waals surface area contributed by atoms with E-state index in [1.807, 2.05) is 18.3 Å². The Balaban J connectivity index is 2.11. The lowest BCUT2D eigenvalue weighted by Gasteiger charge is -2.31. The van der Waals surface area contributed by atoms with Crippen molar-refractivity contribution in [3.05, 3.63) is 36.0 Å². The van der Waals surface area contributed by atoms with Gasteiger partial charge in [-0.3, -0.25) is 0 Å². The summed E-state index contributed by atoms with van der Waals surface area (Å²) in [7, 11) is 0. The standard InChI is InChI=1S/C13H14ClNO/c14-13(7-3-4-8-16-13)11-9-15-12-6-2-1-5-10(11)12/h1-2,5-6,9,15H,3-4,7-8H2. The van der Waals surface area contributed by atoms with Gasteiger partial charge in [0.15, 0.2) is 5.06 Å². The number of fused-ring (bicyclic) bond motifs is 1. The number of ether oxygens (including phenoxy) is 1. The van der Waals surface area contributed by atoms with Crippen LogP contribution in [0, 0.1) is 0 Å². The van der Waals surface area contributed by atoms with E-state index in [9.17, 15) is 0 Å². The van der Waals surface area contributed by atoms with Gasteiger partial charge in [-0.1, -0.05) is 29.8 Å². The molecule has 2 aromatic rings. The number of H-pyrrole nitrogens is 1. The Kier molecular flexibility index (Phi) is 2.41. The maximum absolute atomic E-state index is 6.58. The Morgan fingerprint density at radius 2 is 2.12 bits per heavy atom. The summed E-state index contributed by atoms with van der Waals surface area (Å²) in [5, 5.41) is 0.539. The van der Waals surface area contributed by atoms with Crippen molar-refractivity contribution >= 4 is 22.5 Å². The van der Waals surface area contributed by atoms with Crippen LogP contribution in [0.3, 0.4) is 0 Å². The topological polar surface area (TPSA) is 25.0 Å². The lowest BCUT2D eigenvalue weighted by atomic mass is 10.0. The van der Waals surface area contributed by atoms with Gasteiger partial charge in [0, 0.05) is 29.3 Å². The number of alkyl halides is 1. The fraction of sp³-hybridized carbons (Fsp3) is 0.385. The molecule has 2 heterocycles. The number of benzene rings is 1. The van der Waals surface area contributed by atoms with Crippen LogP contribution >= 0.6 is 11.6 Å². The van der Waals surface area contributed by atoms with Crippen LogP contribution in [0.1, 0.15) is 24.8 Å². The number of hydrogen-bond donors (Lipinski definition) is 1. The minimum absolute atomic E-state index is 0.627. The number of halogens is 1. The predicted molar refractivity (Wildman–Crippen MR) is 65.6 cm³/mol. The number of hydrogen-bond acceptors (Lipinski definition) is 1. The second-order valence-corrected chi connectivity index (χ2v) is 4.89. The van der Waals surface area contributed by atoms with Crippen LogP contribution in [0.25, 0.3) is 10.9 Å². The summed E-state index contributed by atoms with van der Waals surface area (Å²) in [6, 6.07) is 8.19. The molecule has 84 valence electrons. The van der Waals surface area contributed by atoms with E-state index in [2.05, 4.69) is 17.1 Å². The molecular formula is C13H14ClNO. The van der Waals surface area contributed by atoms with Gasteiger partial charge in [-0.05, 0) is 25.3 Å². The highest BCUT2D eigenvalue weighted by Crippen LogP contribution is 2.41. The Hall–Kier alpha value is -0.990. The first-order chi connectivity index (χ1) is 7.80. The van der Waals surface area contributed by atoms with E-state index in [-0.39, 0.29) is 0 Å². The summed E-state index contributed by atoms with van der Waals surface area (Å²) < 4.78 is 5.76. The maximum Gasteiger partial charge on any atom is 0.169 e. The molecule has 0 amide bonds. The molecule has 1 aromatic heterocycles. The number of nitrogens with one attached hydrogen (secondary N) is 1. The zero-order valence-electron chi connectivity index (χ0n) is 9.00. The average molecular weight is 236 g/mol. The van der Waals surface area contributed by atoms with Crippen LogP contribution in [0.4, 0.5) is 0 Å². The maximum atomic E-state index is 6.58. The van der Waals surface area contributed by atoms with E-state index in [0.29, 0.717) is 0 Å². The van der Waals surface area contributed by atoms with Crippen molar-refractivity contribution in [1.82, 2.24) is 4.98 Å². The first-order valence-electron chi connectivity index (χ1n) is 5.69. The fourth-order valence-corrected chi connectivity index (χ4v) is 2.72. The van der Waals surface area contributed by atoms with E-state index in [1.54, 1.807) is 0 Å². The van der Waals surface area contributed by atoms with Crippen molar-refractivity contribution in [2.24, 2.45) is 0 Å². The van der Waals surface area contributed by atoms with Gasteiger partial charge in [0.05, 0.1) is 0 Å². The van der Waals surface area contributed by atoms with Gasteiger partial charge in [0.2, 0.25) is 0 Å². The molecule has 1 aliphatic rings. The molecule has 1 unspecified atom stereocenters. The lowest BCUT2D eigenvalue weighted by Crippen LogP contribution is -2.27. The smallest absolute Gasteiger partial charge is 0.169 e. The summed E-state index contributed by atoms with van der Waals surface area (Å²) in [5.74, 6) is 0. The second kappa shape index (κ2) is 3.79. The molecule has 2 nitrogen and oxygen atoms in total. The van der Waals surface area contributed by atoms with Crippen molar-refractivity contribution in [2.75, 3.05) is 6.61 Å². The highest BCUT2D eigenvalue weighted by molar-refractivity contribution is 6.24. The van der Waals surface area contributed by atoms with E-state index in [1.165, 1.54) is 5.39 Å². The van der Waals surface area contributed by atoms with Crippen LogP contribution < -0.4 is 0 Å². The molecule has 16 heavy (non-hydrogen) atoms. The minimum Gasteiger partial charge on any atom is -0.361 e. The molecule has 0 spiro atoms. The van der Waals surface area contributed by atoms with Gasteiger partial charge < -0.3 is 9.72 Å². The summed E-state index contributed by atoms with van der Waals surface area (Å²) in [6.45, 7) is 0.753. The van der Waals surface area contributed by atoms with Gasteiger partial charge in [0.1, 0.15) is 0 Å². The predicted octanol–water partition coefficient (Wildman–Crippen LogP) is 3.76. The van der Waals surface area contributed by atoms with Crippen molar-refractivity contribution in [3.63, 3.8) is 0 Å². The van der Waals surface area contributed by atoms with Crippen LogP contribution in [-0.2, 0) is 9.80 Å². The highest BCUT2D eigenvalue weighted by atomic mass is 35.5. The van der Waals surface area contributed by atoms with Crippen LogP contribution in [0.15, 0.2) is 30.5 Å². The molecule has 1 atom stereocenters. The molecule has 1 N–H and O–H groups in total. The third-order valence-corrected chi connectivity index (χ3v) is 3.72. The molecule has 1 aromatic carbocycles. The third kappa shape index (κ3) is 1.53. The van der Waals surface area contributed by atoms with Gasteiger partial charge in [-0.2, -0.15) is 0 Å². The Morgan fingerprint density at radius 3 is 2.94 bits per heavy atom. The first kappa shape index (κ1) is 10.2. The number of rotatable bonds is 1. The Bertz CT molecular complexity index is 499. The summed E-state index contributed by atoms with van der Waals surface area (Å²) >= 11 is 6.58. The van der Waals surface area contributed by atoms with Gasteiger partial charge >= 0.3 is 0 Å². The SMILES string of the molecule is ClC1(c2c[nH]c3ccccc23)CCCCO1. The second-order valence-electron chi connectivity index (χ2n) is 4.28. The normalized spacial score (nSPS) is 26.1. The molecule has 1 fully saturated rings. The molecule has 3 rings (SSSR count). The van der Waals surface area contributed by atoms with Gasteiger partial charge in [-0.15, -0.1) is 0 Å². The monoisotopic (exact) mass is 235 g/mol. The van der Waals surface area contributed by atoms with Crippen molar-refractivity contribution in [1.29, 1.82) is 0 Å². The molecule has 3 heteroatoms. The van der Waals surface area contributed by atoms with Gasteiger partial charge in [0.25, 0.3) is 0 Å². The highest BCUT2D eigenvalue weighted by Gasteiger charge is 2.34. The molecule has 1 aliphatic heterocycles. The van der Waals surface area contributed by atoms with E-state index < -0.39 is 5.06 Å². The fourth-order valence-electron chi connectivity index (χ4n) is 2.35. The zero-order chi connectivity index (χ0) is 11.0. The molecule has 1 saturated heterocycles. The minimum atomic E-state index is -0.627. The van der Waals surface area contributed by atoms with Crippen molar-refractivity contribution in [3.8, 4) is 0 Å². The molecule has 0 aliphatic carbocycles. The largest absolute Gasteiger partial charge is 0.361 e. The Morgan fingerprint density at radius 1 is 1.25 bits per heavy atom. The lowest BCUT2D eigenvalue weighted by molar-refractivity contribution is -0.0194. The number of aromatic amines is 1. The van der Waals surface area contributed by atoms with Crippen LogP contribution in [0.5, 0.6) is 0 Å². The van der Waals surface area contributed by atoms with Crippen LogP contribution in [-0.4, -0.2) is 11.6 Å². The zero-order valence-corrected chi connectivity index (χ0v) is 9.76. The van der Waals surface area contributed by atoms with Crippen LogP contribution in [0.2, 0.25) is 0 Å². The van der Waals surface area contributed by atoms with Gasteiger partial charge in [-0.25, -0.2) is 0 Å². The Labute approximate surface area is 99.6 Å². The third-order valence-electron chi connectivity index (χ3n) is 3.21. The summed E-state index contributed by atoms with van der Waals surface area (Å²) in [6.07, 6.45) is 5.10. The summed E-state index contributed by atoms with van der Waals surface area (Å²) in [4.78, 5) is 3.25. The van der Waals surface area contributed by atoms with Crippen molar-refractivity contribution in [2.45, 2.75) is 24.3 Å².